The van der Waals surface area contributed by atoms with E-state index in [1.807, 2.05) is 13.8 Å². The molecule has 0 aliphatic carbocycles. The fourth-order valence-corrected chi connectivity index (χ4v) is 2.32. The summed E-state index contributed by atoms with van der Waals surface area (Å²) in [5.41, 5.74) is -0.604. The molecule has 2 amide bonds. The van der Waals surface area contributed by atoms with Crippen LogP contribution in [0.5, 0.6) is 0 Å². The van der Waals surface area contributed by atoms with Gasteiger partial charge < -0.3 is 15.4 Å². The zero-order valence-corrected chi connectivity index (χ0v) is 14.4. The van der Waals surface area contributed by atoms with Crippen molar-refractivity contribution in [2.24, 2.45) is 5.92 Å². The minimum Gasteiger partial charge on any atom is -0.444 e. The van der Waals surface area contributed by atoms with Gasteiger partial charge in [0.25, 0.3) is 0 Å². The summed E-state index contributed by atoms with van der Waals surface area (Å²) in [6.45, 7) is 10.8. The van der Waals surface area contributed by atoms with Crippen LogP contribution in [0.15, 0.2) is 0 Å². The predicted octanol–water partition coefficient (Wildman–Crippen LogP) is 1.93. The van der Waals surface area contributed by atoms with Gasteiger partial charge in [-0.3, -0.25) is 9.59 Å². The molecule has 0 heterocycles. The summed E-state index contributed by atoms with van der Waals surface area (Å²) >= 11 is 1.09. The number of ether oxygens (including phenoxy) is 1. The molecule has 0 aliphatic heterocycles. The van der Waals surface area contributed by atoms with Gasteiger partial charge >= 0.3 is 6.09 Å². The molecule has 0 bridgehead atoms. The number of amides is 2. The van der Waals surface area contributed by atoms with Crippen LogP contribution in [-0.4, -0.2) is 41.1 Å². The van der Waals surface area contributed by atoms with Gasteiger partial charge in [-0.1, -0.05) is 25.6 Å². The molecule has 0 radical (unpaired) electrons. The van der Waals surface area contributed by atoms with Crippen LogP contribution < -0.4 is 10.6 Å². The van der Waals surface area contributed by atoms with Crippen molar-refractivity contribution in [3.63, 3.8) is 0 Å². The average Bonchev–Trinajstić information content (AvgIpc) is 2.28. The third-order valence-corrected chi connectivity index (χ3v) is 3.26. The number of nitrogens with one attached hydrogen (secondary N) is 2. The predicted molar refractivity (Wildman–Crippen MR) is 84.1 cm³/mol. The van der Waals surface area contributed by atoms with Gasteiger partial charge in [-0.25, -0.2) is 4.79 Å². The van der Waals surface area contributed by atoms with Crippen molar-refractivity contribution >= 4 is 28.9 Å². The summed E-state index contributed by atoms with van der Waals surface area (Å²) in [4.78, 5) is 34.6. The SMILES string of the molecule is CC(=O)NCCSC(=O)[C@@H](NC(=O)OC(C)(C)C)C(C)C. The van der Waals surface area contributed by atoms with Gasteiger partial charge in [0.15, 0.2) is 0 Å². The van der Waals surface area contributed by atoms with Gasteiger partial charge in [0.05, 0.1) is 0 Å². The van der Waals surface area contributed by atoms with Crippen LogP contribution in [-0.2, 0) is 14.3 Å². The molecule has 0 spiro atoms. The lowest BCUT2D eigenvalue weighted by atomic mass is 10.1. The quantitative estimate of drug-likeness (QED) is 0.731. The summed E-state index contributed by atoms with van der Waals surface area (Å²) in [6.07, 6.45) is -0.600. The maximum atomic E-state index is 12.1. The lowest BCUT2D eigenvalue weighted by Crippen LogP contribution is -2.45. The maximum Gasteiger partial charge on any atom is 0.408 e. The van der Waals surface area contributed by atoms with Gasteiger partial charge in [0.2, 0.25) is 11.0 Å². The van der Waals surface area contributed by atoms with Crippen molar-refractivity contribution in [2.75, 3.05) is 12.3 Å². The van der Waals surface area contributed by atoms with Crippen LogP contribution in [0.2, 0.25) is 0 Å². The van der Waals surface area contributed by atoms with E-state index in [1.54, 1.807) is 20.8 Å². The Hall–Kier alpha value is -1.24. The van der Waals surface area contributed by atoms with Gasteiger partial charge in [0, 0.05) is 19.2 Å². The topological polar surface area (TPSA) is 84.5 Å². The van der Waals surface area contributed by atoms with E-state index in [0.29, 0.717) is 12.3 Å². The lowest BCUT2D eigenvalue weighted by Gasteiger charge is -2.24. The maximum absolute atomic E-state index is 12.1. The van der Waals surface area contributed by atoms with Crippen molar-refractivity contribution in [1.82, 2.24) is 10.6 Å². The number of hydrogen-bond acceptors (Lipinski definition) is 5. The summed E-state index contributed by atoms with van der Waals surface area (Å²) < 4.78 is 5.16. The molecule has 0 fully saturated rings. The Kier molecular flexibility index (Phi) is 8.39. The number of thioether (sulfide) groups is 1. The van der Waals surface area contributed by atoms with Crippen LogP contribution in [0.3, 0.4) is 0 Å². The van der Waals surface area contributed by atoms with Gasteiger partial charge in [0.1, 0.15) is 11.6 Å². The smallest absolute Gasteiger partial charge is 0.408 e. The first-order valence-corrected chi connectivity index (χ1v) is 7.92. The molecule has 0 aromatic heterocycles. The molecule has 122 valence electrons. The first-order valence-electron chi connectivity index (χ1n) is 6.93. The molecule has 1 atom stereocenters. The third kappa shape index (κ3) is 10.2. The molecule has 0 unspecified atom stereocenters. The minimum atomic E-state index is -0.609. The molecule has 2 N–H and O–H groups in total. The van der Waals surface area contributed by atoms with Crippen LogP contribution in [0.1, 0.15) is 41.5 Å². The van der Waals surface area contributed by atoms with Crippen molar-refractivity contribution in [3.8, 4) is 0 Å². The molecule has 0 saturated carbocycles. The van der Waals surface area contributed by atoms with Crippen molar-refractivity contribution in [2.45, 2.75) is 53.2 Å². The second-order valence-electron chi connectivity index (χ2n) is 6.02. The molecule has 0 saturated heterocycles. The Balaban J connectivity index is 4.37. The van der Waals surface area contributed by atoms with Crippen molar-refractivity contribution < 1.29 is 19.1 Å². The highest BCUT2D eigenvalue weighted by Crippen LogP contribution is 2.14. The molecule has 7 heteroatoms. The first kappa shape index (κ1) is 19.8. The zero-order chi connectivity index (χ0) is 16.6. The van der Waals surface area contributed by atoms with Crippen LogP contribution in [0.25, 0.3) is 0 Å². The first-order chi connectivity index (χ1) is 9.53. The van der Waals surface area contributed by atoms with Gasteiger partial charge in [-0.05, 0) is 26.7 Å². The molecule has 0 aromatic rings. The number of rotatable bonds is 6. The van der Waals surface area contributed by atoms with Crippen LogP contribution in [0.4, 0.5) is 4.79 Å². The summed E-state index contributed by atoms with van der Waals surface area (Å²) in [6, 6.07) is -0.609. The van der Waals surface area contributed by atoms with Gasteiger partial charge in [-0.2, -0.15) is 0 Å². The summed E-state index contributed by atoms with van der Waals surface area (Å²) in [5.74, 6) is 0.297. The lowest BCUT2D eigenvalue weighted by molar-refractivity contribution is -0.119. The van der Waals surface area contributed by atoms with Crippen molar-refractivity contribution in [1.29, 1.82) is 0 Å². The Morgan fingerprint density at radius 3 is 2.19 bits per heavy atom. The molecule has 21 heavy (non-hydrogen) atoms. The number of carbonyl (C=O) groups excluding carboxylic acids is 3. The van der Waals surface area contributed by atoms with E-state index in [4.69, 9.17) is 4.74 Å². The van der Waals surface area contributed by atoms with E-state index in [-0.39, 0.29) is 16.9 Å². The Labute approximate surface area is 130 Å². The molecule has 0 aromatic carbocycles. The standard InChI is InChI=1S/C14H26N2O4S/c1-9(2)11(16-13(19)20-14(4,5)6)12(18)21-8-7-15-10(3)17/h9,11H,7-8H2,1-6H3,(H,15,17)(H,16,19)/t11-/m0/s1. The summed E-state index contributed by atoms with van der Waals surface area (Å²) in [7, 11) is 0. The van der Waals surface area contributed by atoms with E-state index in [0.717, 1.165) is 11.8 Å². The Morgan fingerprint density at radius 1 is 1.19 bits per heavy atom. The monoisotopic (exact) mass is 318 g/mol. The molecule has 0 aliphatic rings. The highest BCUT2D eigenvalue weighted by atomic mass is 32.2. The normalized spacial score (nSPS) is 12.7. The van der Waals surface area contributed by atoms with Crippen LogP contribution in [0, 0.1) is 5.92 Å². The largest absolute Gasteiger partial charge is 0.444 e. The molecular formula is C14H26N2O4S. The fourth-order valence-electron chi connectivity index (χ4n) is 1.40. The fraction of sp³-hybridized carbons (Fsp3) is 0.786. The number of carbonyl (C=O) groups is 3. The second kappa shape index (κ2) is 8.92. The minimum absolute atomic E-state index is 0.0433. The van der Waals surface area contributed by atoms with E-state index in [9.17, 15) is 14.4 Å². The Morgan fingerprint density at radius 2 is 1.76 bits per heavy atom. The summed E-state index contributed by atoms with van der Waals surface area (Å²) in [5, 5.41) is 5.08. The Bertz CT molecular complexity index is 378. The number of hydrogen-bond donors (Lipinski definition) is 2. The second-order valence-corrected chi connectivity index (χ2v) is 7.12. The van der Waals surface area contributed by atoms with Crippen LogP contribution >= 0.6 is 11.8 Å². The highest BCUT2D eigenvalue weighted by Gasteiger charge is 2.26. The molecular weight excluding hydrogens is 292 g/mol. The van der Waals surface area contributed by atoms with E-state index >= 15 is 0 Å². The van der Waals surface area contributed by atoms with Crippen molar-refractivity contribution in [3.05, 3.63) is 0 Å². The van der Waals surface area contributed by atoms with E-state index in [2.05, 4.69) is 10.6 Å². The number of alkyl carbamates (subject to hydrolysis) is 1. The molecule has 0 rings (SSSR count). The highest BCUT2D eigenvalue weighted by molar-refractivity contribution is 8.13. The van der Waals surface area contributed by atoms with E-state index in [1.165, 1.54) is 6.92 Å². The van der Waals surface area contributed by atoms with E-state index < -0.39 is 17.7 Å². The third-order valence-electron chi connectivity index (χ3n) is 2.31. The molecule has 6 nitrogen and oxygen atoms in total. The van der Waals surface area contributed by atoms with Gasteiger partial charge in [-0.15, -0.1) is 0 Å². The zero-order valence-electron chi connectivity index (χ0n) is 13.6. The average molecular weight is 318 g/mol.